The van der Waals surface area contributed by atoms with Crippen LogP contribution >= 0.6 is 0 Å². The SMILES string of the molecule is C[C@@H](O)C#CC1O[C@H](C)[C@@H](C)O1.[C-]#[O+].[C-]#[O+].[C-]#[O+].[C-]#[O+].[C-]#[O+].[C-]#[O+].[Co].[Co]. The Bertz CT molecular complexity index is 371. The van der Waals surface area contributed by atoms with Gasteiger partial charge in [0.1, 0.15) is 6.10 Å². The summed E-state index contributed by atoms with van der Waals surface area (Å²) in [6.07, 6.45) is -0.926. The monoisotopic (exact) mass is 456 g/mol. The van der Waals surface area contributed by atoms with Gasteiger partial charge < -0.3 is 14.6 Å². The fourth-order valence-corrected chi connectivity index (χ4v) is 0.900. The minimum atomic E-state index is -0.622. The van der Waals surface area contributed by atoms with Crippen LogP contribution in [0.25, 0.3) is 0 Å². The Hall–Kier alpha value is -1.11. The Morgan fingerprint density at radius 1 is 0.731 bits per heavy atom. The van der Waals surface area contributed by atoms with Crippen LogP contribution < -0.4 is 0 Å². The minimum absolute atomic E-state index is 0. The summed E-state index contributed by atoms with van der Waals surface area (Å²) in [6, 6.07) is 0. The first-order valence-corrected chi connectivity index (χ1v) is 5.32. The van der Waals surface area contributed by atoms with Crippen molar-refractivity contribution in [3.05, 3.63) is 39.9 Å². The molecule has 0 amide bonds. The van der Waals surface area contributed by atoms with Crippen LogP contribution in [0.2, 0.25) is 0 Å². The molecule has 1 rings (SSSR count). The Labute approximate surface area is 173 Å². The molecule has 0 spiro atoms. The largest absolute Gasteiger partial charge is 0 e. The number of ether oxygens (including phenoxy) is 2. The standard InChI is InChI=1S/C9H14O3.6CO.2Co/c1-6(10)4-5-9-11-7(2)8(3)12-9;6*1-2;;/h6-10H,1-3H3;;;;;;;;/t6-,7-,8-;;;;;;;;/m1......../s1. The molecule has 2 radical (unpaired) electrons. The second-order valence-electron chi connectivity index (χ2n) is 2.98. The number of aliphatic hydroxyl groups is 1. The van der Waals surface area contributed by atoms with Crippen LogP contribution in [0.1, 0.15) is 20.8 Å². The molecule has 26 heavy (non-hydrogen) atoms. The summed E-state index contributed by atoms with van der Waals surface area (Å²) in [5.74, 6) is 5.28. The molecule has 9 nitrogen and oxygen atoms in total. The molecule has 0 unspecified atom stereocenters. The molecule has 1 N–H and O–H groups in total. The Morgan fingerprint density at radius 3 is 1.15 bits per heavy atom. The summed E-state index contributed by atoms with van der Waals surface area (Å²) in [4.78, 5) is 0. The molecule has 0 aliphatic carbocycles. The van der Waals surface area contributed by atoms with E-state index in [1.54, 1.807) is 6.92 Å². The molecule has 3 atom stereocenters. The first-order chi connectivity index (χ1) is 11.6. The van der Waals surface area contributed by atoms with Gasteiger partial charge in [0.05, 0.1) is 12.2 Å². The third kappa shape index (κ3) is 43.4. The zero-order valence-electron chi connectivity index (χ0n) is 13.7. The number of aliphatic hydroxyl groups excluding tert-OH is 1. The van der Waals surface area contributed by atoms with Gasteiger partial charge in [-0.15, -0.1) is 0 Å². The summed E-state index contributed by atoms with van der Waals surface area (Å²) in [7, 11) is 0. The van der Waals surface area contributed by atoms with E-state index in [1.807, 2.05) is 13.8 Å². The maximum absolute atomic E-state index is 8.86. The summed E-state index contributed by atoms with van der Waals surface area (Å²) in [6.45, 7) is 32.5. The average molecular weight is 456 g/mol. The van der Waals surface area contributed by atoms with Crippen molar-refractivity contribution < 1.29 is 76.1 Å². The van der Waals surface area contributed by atoms with Gasteiger partial charge in [-0.2, -0.15) is 0 Å². The Kier molecular flexibility index (Phi) is 108. The van der Waals surface area contributed by atoms with E-state index in [0.29, 0.717) is 0 Å². The van der Waals surface area contributed by atoms with E-state index in [1.165, 1.54) is 0 Å². The number of hydrogen-bond acceptors (Lipinski definition) is 3. The summed E-state index contributed by atoms with van der Waals surface area (Å²) in [5.41, 5.74) is 0. The van der Waals surface area contributed by atoms with Gasteiger partial charge in [0, 0.05) is 33.6 Å². The van der Waals surface area contributed by atoms with Crippen molar-refractivity contribution in [2.24, 2.45) is 0 Å². The van der Waals surface area contributed by atoms with Gasteiger partial charge >= 0.3 is 67.8 Å². The molecular formula is C15H14Co2O9. The van der Waals surface area contributed by atoms with E-state index in [9.17, 15) is 0 Å². The van der Waals surface area contributed by atoms with Crippen molar-refractivity contribution in [3.8, 4) is 11.8 Å². The van der Waals surface area contributed by atoms with Crippen LogP contribution in [0, 0.1) is 51.7 Å². The number of hydrogen-bond donors (Lipinski definition) is 1. The smallest absolute Gasteiger partial charge is 0 e. The van der Waals surface area contributed by atoms with Gasteiger partial charge in [-0.05, 0) is 26.7 Å². The van der Waals surface area contributed by atoms with Crippen LogP contribution in [0.5, 0.6) is 0 Å². The molecule has 11 heteroatoms. The molecule has 0 saturated carbocycles. The summed E-state index contributed by atoms with van der Waals surface area (Å²) >= 11 is 0. The summed E-state index contributed by atoms with van der Waals surface area (Å²) < 4.78 is 55.6. The molecule has 1 saturated heterocycles. The van der Waals surface area contributed by atoms with Gasteiger partial charge in [-0.25, -0.2) is 0 Å². The van der Waals surface area contributed by atoms with Crippen molar-refractivity contribution in [1.82, 2.24) is 0 Å². The van der Waals surface area contributed by atoms with Gasteiger partial charge in [-0.3, -0.25) is 0 Å². The molecular weight excluding hydrogens is 442 g/mol. The fraction of sp³-hybridized carbons (Fsp3) is 0.467. The Morgan fingerprint density at radius 2 is 0.962 bits per heavy atom. The first kappa shape index (κ1) is 49.8. The second-order valence-corrected chi connectivity index (χ2v) is 2.98. The van der Waals surface area contributed by atoms with Crippen molar-refractivity contribution in [3.63, 3.8) is 0 Å². The van der Waals surface area contributed by atoms with Gasteiger partial charge in [0.25, 0.3) is 0 Å². The zero-order chi connectivity index (χ0) is 21.1. The van der Waals surface area contributed by atoms with Crippen molar-refractivity contribution >= 4 is 0 Å². The molecule has 146 valence electrons. The molecule has 1 fully saturated rings. The third-order valence-electron chi connectivity index (χ3n) is 1.75. The molecule has 1 aliphatic heterocycles. The fourth-order valence-electron chi connectivity index (χ4n) is 0.900. The molecule has 0 aromatic rings. The van der Waals surface area contributed by atoms with Crippen LogP contribution in [-0.2, 0) is 70.9 Å². The molecule has 0 aromatic heterocycles. The molecule has 0 aromatic carbocycles. The van der Waals surface area contributed by atoms with E-state index in [2.05, 4.69) is 51.7 Å². The summed E-state index contributed by atoms with van der Waals surface area (Å²) in [5, 5.41) is 8.86. The first-order valence-electron chi connectivity index (χ1n) is 5.32. The second kappa shape index (κ2) is 56.5. The van der Waals surface area contributed by atoms with Gasteiger partial charge in [0.15, 0.2) is 0 Å². The van der Waals surface area contributed by atoms with Crippen molar-refractivity contribution in [1.29, 1.82) is 0 Å². The van der Waals surface area contributed by atoms with Crippen molar-refractivity contribution in [2.75, 3.05) is 0 Å². The van der Waals surface area contributed by atoms with E-state index in [4.69, 9.17) is 42.5 Å². The quantitative estimate of drug-likeness (QED) is 0.316. The van der Waals surface area contributed by atoms with E-state index >= 15 is 0 Å². The van der Waals surface area contributed by atoms with Gasteiger partial charge in [-0.1, -0.05) is 5.92 Å². The normalized spacial score (nSPS) is 15.5. The van der Waals surface area contributed by atoms with Gasteiger partial charge in [0.2, 0.25) is 6.29 Å². The minimum Gasteiger partial charge on any atom is 0 e. The van der Waals surface area contributed by atoms with Crippen LogP contribution in [0.4, 0.5) is 0 Å². The maximum atomic E-state index is 8.86. The molecule has 1 heterocycles. The predicted molar refractivity (Wildman–Crippen MR) is 67.9 cm³/mol. The van der Waals surface area contributed by atoms with Crippen LogP contribution in [0.3, 0.4) is 0 Å². The zero-order valence-corrected chi connectivity index (χ0v) is 15.8. The van der Waals surface area contributed by atoms with E-state index < -0.39 is 12.4 Å². The average Bonchev–Trinajstić information content (AvgIpc) is 3.01. The van der Waals surface area contributed by atoms with Crippen LogP contribution in [-0.4, -0.2) is 29.7 Å². The maximum Gasteiger partial charge on any atom is 0 e. The molecule has 0 bridgehead atoms. The third-order valence-corrected chi connectivity index (χ3v) is 1.75. The van der Waals surface area contributed by atoms with E-state index in [-0.39, 0.29) is 45.8 Å². The van der Waals surface area contributed by atoms with Crippen LogP contribution in [0.15, 0.2) is 0 Å². The van der Waals surface area contributed by atoms with E-state index in [0.717, 1.165) is 0 Å². The molecule has 1 aliphatic rings. The Balaban J connectivity index is -0.0000000332. The topological polar surface area (TPSA) is 158 Å². The number of rotatable bonds is 0. The predicted octanol–water partition coefficient (Wildman–Crippen LogP) is 0.290. The van der Waals surface area contributed by atoms with Crippen molar-refractivity contribution in [2.45, 2.75) is 45.4 Å².